The number of fused-ring (bicyclic) bond motifs is 1. The molecule has 9 nitrogen and oxygen atoms in total. The molecule has 1 aliphatic heterocycles. The molecule has 0 saturated carbocycles. The van der Waals surface area contributed by atoms with Crippen LogP contribution in [0.2, 0.25) is 0 Å². The van der Waals surface area contributed by atoms with Crippen LogP contribution in [0.15, 0.2) is 40.1 Å². The van der Waals surface area contributed by atoms with Crippen molar-refractivity contribution in [2.45, 2.75) is 25.3 Å². The Bertz CT molecular complexity index is 1330. The quantitative estimate of drug-likeness (QED) is 0.406. The van der Waals surface area contributed by atoms with Crippen molar-refractivity contribution in [3.8, 4) is 11.4 Å². The van der Waals surface area contributed by atoms with Crippen LogP contribution in [0.3, 0.4) is 0 Å². The summed E-state index contributed by atoms with van der Waals surface area (Å²) in [5, 5.41) is 10.5. The lowest BCUT2D eigenvalue weighted by Crippen LogP contribution is -2.31. The van der Waals surface area contributed by atoms with E-state index >= 15 is 0 Å². The third-order valence-corrected chi connectivity index (χ3v) is 5.48. The van der Waals surface area contributed by atoms with Gasteiger partial charge in [0, 0.05) is 18.7 Å². The van der Waals surface area contributed by atoms with E-state index in [2.05, 4.69) is 30.5 Å². The Morgan fingerprint density at radius 2 is 2.00 bits per heavy atom. The average Bonchev–Trinajstić information content (AvgIpc) is 3.33. The third kappa shape index (κ3) is 3.24. The van der Waals surface area contributed by atoms with Crippen LogP contribution in [0.4, 0.5) is 4.39 Å². The average molecular weight is 409 g/mol. The monoisotopic (exact) mass is 409 g/mol. The SMILES string of the molecule is O=c1[nH]c(=O)c2c(nc(-c3c[nH]nc3Cc3cccc(F)c3)n2C2CCNCC2)[nH]1. The lowest BCUT2D eigenvalue weighted by molar-refractivity contribution is 0.377. The molecule has 0 amide bonds. The van der Waals surface area contributed by atoms with E-state index in [4.69, 9.17) is 0 Å². The van der Waals surface area contributed by atoms with Crippen LogP contribution in [0, 0.1) is 5.82 Å². The van der Waals surface area contributed by atoms with Crippen molar-refractivity contribution < 1.29 is 4.39 Å². The van der Waals surface area contributed by atoms with Crippen molar-refractivity contribution in [3.05, 3.63) is 68.4 Å². The first kappa shape index (κ1) is 18.5. The van der Waals surface area contributed by atoms with Crippen LogP contribution in [0.1, 0.15) is 30.1 Å². The fourth-order valence-electron chi connectivity index (χ4n) is 4.14. The number of imidazole rings is 1. The number of hydrogen-bond donors (Lipinski definition) is 4. The predicted molar refractivity (Wildman–Crippen MR) is 109 cm³/mol. The Morgan fingerprint density at radius 1 is 1.17 bits per heavy atom. The van der Waals surface area contributed by atoms with Crippen molar-refractivity contribution in [1.29, 1.82) is 0 Å². The summed E-state index contributed by atoms with van der Waals surface area (Å²) < 4.78 is 15.5. The fourth-order valence-corrected chi connectivity index (χ4v) is 4.14. The van der Waals surface area contributed by atoms with Gasteiger partial charge in [-0.25, -0.2) is 14.2 Å². The summed E-state index contributed by atoms with van der Waals surface area (Å²) in [6, 6.07) is 6.41. The minimum absolute atomic E-state index is 0.0511. The number of piperidine rings is 1. The summed E-state index contributed by atoms with van der Waals surface area (Å²) in [6.07, 6.45) is 3.78. The lowest BCUT2D eigenvalue weighted by atomic mass is 10.0. The lowest BCUT2D eigenvalue weighted by Gasteiger charge is -2.25. The van der Waals surface area contributed by atoms with Gasteiger partial charge in [0.1, 0.15) is 11.6 Å². The topological polar surface area (TPSA) is 124 Å². The number of nitrogens with one attached hydrogen (secondary N) is 4. The van der Waals surface area contributed by atoms with Gasteiger partial charge >= 0.3 is 5.69 Å². The van der Waals surface area contributed by atoms with Crippen molar-refractivity contribution in [3.63, 3.8) is 0 Å². The molecule has 1 aromatic carbocycles. The van der Waals surface area contributed by atoms with Gasteiger partial charge in [-0.1, -0.05) is 12.1 Å². The maximum absolute atomic E-state index is 13.6. The largest absolute Gasteiger partial charge is 0.327 e. The minimum atomic E-state index is -0.596. The number of benzene rings is 1. The molecule has 1 aliphatic rings. The molecule has 0 bridgehead atoms. The number of H-pyrrole nitrogens is 3. The number of rotatable bonds is 4. The first-order valence-electron chi connectivity index (χ1n) is 9.83. The van der Waals surface area contributed by atoms with Crippen LogP contribution >= 0.6 is 0 Å². The second-order valence-corrected chi connectivity index (χ2v) is 7.44. The fraction of sp³-hybridized carbons (Fsp3) is 0.300. The van der Waals surface area contributed by atoms with Gasteiger partial charge in [0.15, 0.2) is 11.2 Å². The number of aromatic nitrogens is 6. The highest BCUT2D eigenvalue weighted by molar-refractivity contribution is 5.77. The molecule has 5 rings (SSSR count). The van der Waals surface area contributed by atoms with E-state index in [0.717, 1.165) is 31.5 Å². The van der Waals surface area contributed by atoms with Crippen LogP contribution in [0.25, 0.3) is 22.6 Å². The summed E-state index contributed by atoms with van der Waals surface area (Å²) >= 11 is 0. The van der Waals surface area contributed by atoms with Gasteiger partial charge in [-0.2, -0.15) is 5.10 Å². The highest BCUT2D eigenvalue weighted by Gasteiger charge is 2.26. The first-order valence-corrected chi connectivity index (χ1v) is 9.83. The zero-order valence-electron chi connectivity index (χ0n) is 16.0. The van der Waals surface area contributed by atoms with E-state index in [1.807, 2.05) is 10.6 Å². The molecule has 30 heavy (non-hydrogen) atoms. The highest BCUT2D eigenvalue weighted by atomic mass is 19.1. The Kier molecular flexibility index (Phi) is 4.55. The van der Waals surface area contributed by atoms with Gasteiger partial charge in [-0.05, 0) is 43.6 Å². The maximum Gasteiger partial charge on any atom is 0.327 e. The van der Waals surface area contributed by atoms with Crippen LogP contribution in [-0.2, 0) is 6.42 Å². The van der Waals surface area contributed by atoms with Gasteiger partial charge in [0.2, 0.25) is 0 Å². The number of nitrogens with zero attached hydrogens (tertiary/aromatic N) is 3. The number of halogens is 1. The molecule has 3 aromatic heterocycles. The molecule has 0 atom stereocenters. The van der Waals surface area contributed by atoms with Gasteiger partial charge in [0.25, 0.3) is 5.56 Å². The van der Waals surface area contributed by atoms with Crippen molar-refractivity contribution in [2.24, 2.45) is 0 Å². The molecule has 0 aliphatic carbocycles. The number of hydrogen-bond acceptors (Lipinski definition) is 5. The molecule has 4 heterocycles. The molecule has 0 unspecified atom stereocenters. The summed E-state index contributed by atoms with van der Waals surface area (Å²) in [7, 11) is 0. The molecule has 0 radical (unpaired) electrons. The summed E-state index contributed by atoms with van der Waals surface area (Å²) in [6.45, 7) is 1.65. The van der Waals surface area contributed by atoms with E-state index in [1.165, 1.54) is 12.1 Å². The number of aromatic amines is 3. The molecule has 10 heteroatoms. The Morgan fingerprint density at radius 3 is 2.80 bits per heavy atom. The standard InChI is InChI=1S/C20H20FN7O2/c21-12-3-1-2-11(8-12)9-15-14(10-23-27-15)18-24-17-16(19(29)26-20(30)25-17)28(18)13-4-6-22-7-5-13/h1-3,8,10,13,22H,4-7,9H2,(H,23,27)(H2,25,26,29,30). The Balaban J connectivity index is 1.68. The van der Waals surface area contributed by atoms with E-state index in [-0.39, 0.29) is 17.5 Å². The van der Waals surface area contributed by atoms with Crippen molar-refractivity contribution in [1.82, 2.24) is 35.0 Å². The van der Waals surface area contributed by atoms with E-state index < -0.39 is 11.2 Å². The van der Waals surface area contributed by atoms with Crippen molar-refractivity contribution >= 4 is 11.2 Å². The van der Waals surface area contributed by atoms with Crippen LogP contribution in [-0.4, -0.2) is 42.8 Å². The molecular formula is C20H20FN7O2. The Hall–Kier alpha value is -3.53. The highest BCUT2D eigenvalue weighted by Crippen LogP contribution is 2.31. The smallest absolute Gasteiger partial charge is 0.317 e. The predicted octanol–water partition coefficient (Wildman–Crippen LogP) is 1.46. The molecule has 1 fully saturated rings. The second kappa shape index (κ2) is 7.38. The Labute approximate surface area is 169 Å². The van der Waals surface area contributed by atoms with E-state index in [0.29, 0.717) is 29.0 Å². The summed E-state index contributed by atoms with van der Waals surface area (Å²) in [5.41, 5.74) is 1.70. The zero-order chi connectivity index (χ0) is 20.7. The summed E-state index contributed by atoms with van der Waals surface area (Å²) in [4.78, 5) is 34.0. The second-order valence-electron chi connectivity index (χ2n) is 7.44. The van der Waals surface area contributed by atoms with Gasteiger partial charge < -0.3 is 9.88 Å². The van der Waals surface area contributed by atoms with Crippen molar-refractivity contribution in [2.75, 3.05) is 13.1 Å². The molecule has 154 valence electrons. The van der Waals surface area contributed by atoms with Gasteiger partial charge in [-0.3, -0.25) is 19.9 Å². The summed E-state index contributed by atoms with van der Waals surface area (Å²) in [5.74, 6) is 0.250. The zero-order valence-corrected chi connectivity index (χ0v) is 16.0. The molecular weight excluding hydrogens is 389 g/mol. The van der Waals surface area contributed by atoms with Crippen LogP contribution in [0.5, 0.6) is 0 Å². The third-order valence-electron chi connectivity index (χ3n) is 5.48. The minimum Gasteiger partial charge on any atom is -0.317 e. The normalized spacial score (nSPS) is 15.1. The first-order chi connectivity index (χ1) is 14.6. The maximum atomic E-state index is 13.6. The molecule has 1 saturated heterocycles. The van der Waals surface area contributed by atoms with E-state index in [1.54, 1.807) is 12.3 Å². The van der Waals surface area contributed by atoms with Gasteiger partial charge in [-0.15, -0.1) is 0 Å². The molecule has 4 N–H and O–H groups in total. The molecule has 0 spiro atoms. The van der Waals surface area contributed by atoms with Gasteiger partial charge in [0.05, 0.1) is 11.3 Å². The molecule has 4 aromatic rings. The van der Waals surface area contributed by atoms with E-state index in [9.17, 15) is 14.0 Å². The van der Waals surface area contributed by atoms with Crippen LogP contribution < -0.4 is 16.6 Å².